The summed E-state index contributed by atoms with van der Waals surface area (Å²) >= 11 is 0. The van der Waals surface area contributed by atoms with Gasteiger partial charge < -0.3 is 14.9 Å². The van der Waals surface area contributed by atoms with Crippen molar-refractivity contribution in [2.45, 2.75) is 63.9 Å². The lowest BCUT2D eigenvalue weighted by Gasteiger charge is -2.52. The highest BCUT2D eigenvalue weighted by Crippen LogP contribution is 2.64. The molecule has 0 radical (unpaired) electrons. The van der Waals surface area contributed by atoms with Gasteiger partial charge >= 0.3 is 0 Å². The molecule has 0 bridgehead atoms. The third-order valence-corrected chi connectivity index (χ3v) is 7.76. The fraction of sp³-hybridized carbons (Fsp3) is 0.667. The number of hydrogen-bond donors (Lipinski definition) is 2. The van der Waals surface area contributed by atoms with Gasteiger partial charge in [-0.05, 0) is 86.5 Å². The molecule has 4 nitrogen and oxygen atoms in total. The third kappa shape index (κ3) is 2.13. The first-order chi connectivity index (χ1) is 11.8. The van der Waals surface area contributed by atoms with Gasteiger partial charge in [-0.1, -0.05) is 6.92 Å². The van der Waals surface area contributed by atoms with E-state index in [4.69, 9.17) is 4.74 Å². The van der Waals surface area contributed by atoms with Gasteiger partial charge in [-0.25, -0.2) is 0 Å². The summed E-state index contributed by atoms with van der Waals surface area (Å²) in [6.07, 6.45) is 5.39. The minimum Gasteiger partial charge on any atom is -0.504 e. The van der Waals surface area contributed by atoms with Crippen LogP contribution in [0.25, 0.3) is 0 Å². The third-order valence-electron chi connectivity index (χ3n) is 7.76. The molecule has 0 amide bonds. The summed E-state index contributed by atoms with van der Waals surface area (Å²) in [7, 11) is 1.59. The maximum atomic E-state index is 12.2. The molecule has 1 aromatic carbocycles. The molecule has 3 aliphatic carbocycles. The molecule has 0 aromatic heterocycles. The number of hydrogen-bond acceptors (Lipinski definition) is 4. The van der Waals surface area contributed by atoms with Crippen molar-refractivity contribution >= 4 is 5.78 Å². The van der Waals surface area contributed by atoms with E-state index in [1.54, 1.807) is 14.0 Å². The van der Waals surface area contributed by atoms with Gasteiger partial charge in [0.1, 0.15) is 5.60 Å². The van der Waals surface area contributed by atoms with Gasteiger partial charge in [0.15, 0.2) is 17.3 Å². The number of ether oxygens (including phenoxy) is 1. The van der Waals surface area contributed by atoms with Crippen LogP contribution in [0, 0.1) is 17.3 Å². The Bertz CT molecular complexity index is 727. The summed E-state index contributed by atoms with van der Waals surface area (Å²) in [4.78, 5) is 12.2. The zero-order chi connectivity index (χ0) is 18.0. The number of carbonyl (C=O) groups is 1. The van der Waals surface area contributed by atoms with E-state index < -0.39 is 5.60 Å². The van der Waals surface area contributed by atoms with Crippen molar-refractivity contribution in [2.24, 2.45) is 17.3 Å². The number of phenols is 1. The zero-order valence-electron chi connectivity index (χ0n) is 15.3. The normalized spacial score (nSPS) is 39.3. The van der Waals surface area contributed by atoms with E-state index in [-0.39, 0.29) is 16.9 Å². The van der Waals surface area contributed by atoms with Gasteiger partial charge in [0.2, 0.25) is 0 Å². The molecule has 5 atom stereocenters. The minimum absolute atomic E-state index is 0.0706. The highest BCUT2D eigenvalue weighted by molar-refractivity contribution is 5.86. The van der Waals surface area contributed by atoms with Crippen LogP contribution < -0.4 is 4.74 Å². The maximum Gasteiger partial charge on any atom is 0.161 e. The first-order valence-electron chi connectivity index (χ1n) is 9.45. The summed E-state index contributed by atoms with van der Waals surface area (Å²) in [6, 6.07) is 3.87. The first kappa shape index (κ1) is 16.9. The second kappa shape index (κ2) is 5.47. The van der Waals surface area contributed by atoms with Gasteiger partial charge in [-0.15, -0.1) is 0 Å². The van der Waals surface area contributed by atoms with Crippen LogP contribution in [0.1, 0.15) is 63.0 Å². The van der Waals surface area contributed by atoms with Crippen molar-refractivity contribution < 1.29 is 19.7 Å². The molecule has 2 fully saturated rings. The highest BCUT2D eigenvalue weighted by atomic mass is 16.5. The highest BCUT2D eigenvalue weighted by Gasteiger charge is 2.63. The molecule has 0 unspecified atom stereocenters. The van der Waals surface area contributed by atoms with Gasteiger partial charge in [0.25, 0.3) is 0 Å². The topological polar surface area (TPSA) is 66.8 Å². The Hall–Kier alpha value is -1.55. The van der Waals surface area contributed by atoms with Crippen molar-refractivity contribution in [1.29, 1.82) is 0 Å². The van der Waals surface area contributed by atoms with Crippen molar-refractivity contribution in [3.8, 4) is 11.5 Å². The van der Waals surface area contributed by atoms with E-state index in [9.17, 15) is 15.0 Å². The van der Waals surface area contributed by atoms with Crippen LogP contribution in [0.4, 0.5) is 0 Å². The molecule has 4 heteroatoms. The summed E-state index contributed by atoms with van der Waals surface area (Å²) in [5.41, 5.74) is 1.06. The van der Waals surface area contributed by atoms with Gasteiger partial charge in [-0.3, -0.25) is 4.79 Å². The van der Waals surface area contributed by atoms with E-state index in [1.165, 1.54) is 11.1 Å². The Kier molecular flexibility index (Phi) is 3.70. The summed E-state index contributed by atoms with van der Waals surface area (Å²) < 4.78 is 5.33. The first-order valence-corrected chi connectivity index (χ1v) is 9.45. The molecular formula is C21H28O4. The second-order valence-electron chi connectivity index (χ2n) is 8.55. The van der Waals surface area contributed by atoms with E-state index >= 15 is 0 Å². The van der Waals surface area contributed by atoms with Crippen LogP contribution in [-0.4, -0.2) is 28.7 Å². The molecule has 25 heavy (non-hydrogen) atoms. The number of Topliss-reactive ketones (excluding diaryl/α,β-unsaturated/α-hetero) is 1. The van der Waals surface area contributed by atoms with Crippen molar-refractivity contribution in [3.05, 3.63) is 23.3 Å². The molecule has 2 saturated carbocycles. The summed E-state index contributed by atoms with van der Waals surface area (Å²) in [5.74, 6) is 2.00. The van der Waals surface area contributed by atoms with E-state index in [2.05, 4.69) is 6.92 Å². The Morgan fingerprint density at radius 1 is 1.24 bits per heavy atom. The number of rotatable bonds is 2. The number of ketones is 1. The molecule has 2 N–H and O–H groups in total. The number of methoxy groups -OCH3 is 1. The SMILES string of the molecule is COc1cc2c(cc1O)CC[C@@H]1[C@@H]2CC[C@@]2(C)[C@H]1CC[C@@]2(O)C(C)=O. The number of phenolic OH excluding ortho intramolecular Hbond substituents is 1. The lowest BCUT2D eigenvalue weighted by molar-refractivity contribution is -0.154. The number of aromatic hydroxyl groups is 1. The fourth-order valence-corrected chi connectivity index (χ4v) is 6.35. The number of carbonyl (C=O) groups excluding carboxylic acids is 1. The zero-order valence-corrected chi connectivity index (χ0v) is 15.3. The predicted molar refractivity (Wildman–Crippen MR) is 94.9 cm³/mol. The quantitative estimate of drug-likeness (QED) is 0.860. The van der Waals surface area contributed by atoms with Crippen LogP contribution in [0.2, 0.25) is 0 Å². The van der Waals surface area contributed by atoms with Crippen molar-refractivity contribution in [2.75, 3.05) is 7.11 Å². The number of aliphatic hydroxyl groups is 1. The molecular weight excluding hydrogens is 316 g/mol. The second-order valence-corrected chi connectivity index (χ2v) is 8.55. The van der Waals surface area contributed by atoms with Crippen LogP contribution >= 0.6 is 0 Å². The number of benzene rings is 1. The fourth-order valence-electron chi connectivity index (χ4n) is 6.35. The molecule has 0 aliphatic heterocycles. The predicted octanol–water partition coefficient (Wildman–Crippen LogP) is 3.58. The van der Waals surface area contributed by atoms with Crippen molar-refractivity contribution in [1.82, 2.24) is 0 Å². The minimum atomic E-state index is -1.16. The van der Waals surface area contributed by atoms with E-state index in [1.807, 2.05) is 12.1 Å². The molecule has 0 spiro atoms. The Balaban J connectivity index is 1.72. The number of aryl methyl sites for hydroxylation is 1. The smallest absolute Gasteiger partial charge is 0.161 e. The Morgan fingerprint density at radius 2 is 2.00 bits per heavy atom. The average molecular weight is 344 g/mol. The molecule has 0 heterocycles. The summed E-state index contributed by atoms with van der Waals surface area (Å²) in [6.45, 7) is 3.68. The van der Waals surface area contributed by atoms with Crippen LogP contribution in [0.5, 0.6) is 11.5 Å². The summed E-state index contributed by atoms with van der Waals surface area (Å²) in [5, 5.41) is 21.2. The lowest BCUT2D eigenvalue weighted by atomic mass is 9.53. The van der Waals surface area contributed by atoms with E-state index in [0.29, 0.717) is 29.9 Å². The van der Waals surface area contributed by atoms with Crippen LogP contribution in [0.3, 0.4) is 0 Å². The van der Waals surface area contributed by atoms with Gasteiger partial charge in [0, 0.05) is 5.41 Å². The molecule has 1 aromatic rings. The largest absolute Gasteiger partial charge is 0.504 e. The van der Waals surface area contributed by atoms with Gasteiger partial charge in [-0.2, -0.15) is 0 Å². The lowest BCUT2D eigenvalue weighted by Crippen LogP contribution is -2.54. The van der Waals surface area contributed by atoms with E-state index in [0.717, 1.165) is 32.1 Å². The number of fused-ring (bicyclic) bond motifs is 5. The molecule has 136 valence electrons. The Labute approximate surface area is 149 Å². The average Bonchev–Trinajstić information content (AvgIpc) is 2.87. The molecule has 0 saturated heterocycles. The van der Waals surface area contributed by atoms with Crippen molar-refractivity contribution in [3.63, 3.8) is 0 Å². The standard InChI is InChI=1S/C21H28O4/c1-12(22)21(24)9-7-17-15-5-4-13-10-18(23)19(25-3)11-16(13)14(15)6-8-20(17,21)2/h10-11,14-15,17,23-24H,4-9H2,1-3H3/t14-,15+,17-,20-,21+/m0/s1. The molecule has 4 rings (SSSR count). The van der Waals surface area contributed by atoms with Crippen LogP contribution in [0.15, 0.2) is 12.1 Å². The Morgan fingerprint density at radius 3 is 2.68 bits per heavy atom. The maximum absolute atomic E-state index is 12.2. The monoisotopic (exact) mass is 344 g/mol. The van der Waals surface area contributed by atoms with Crippen LogP contribution in [-0.2, 0) is 11.2 Å². The van der Waals surface area contributed by atoms with Gasteiger partial charge in [0.05, 0.1) is 7.11 Å². The molecule has 3 aliphatic rings.